The summed E-state index contributed by atoms with van der Waals surface area (Å²) < 4.78 is 86.4. The number of carbonyl (C=O) groups excluding carboxylic acids is 1. The molecular weight excluding hydrogens is 559 g/mol. The summed E-state index contributed by atoms with van der Waals surface area (Å²) in [6.45, 7) is 2.11. The minimum atomic E-state index is -5.10. The number of anilines is 2. The van der Waals surface area contributed by atoms with Crippen molar-refractivity contribution in [2.24, 2.45) is 0 Å². The van der Waals surface area contributed by atoms with E-state index in [2.05, 4.69) is 15.0 Å². The first-order chi connectivity index (χ1) is 19.0. The molecule has 2 aliphatic heterocycles. The van der Waals surface area contributed by atoms with Crippen molar-refractivity contribution in [1.82, 2.24) is 19.9 Å². The molecule has 6 rings (SSSR count). The van der Waals surface area contributed by atoms with Crippen LogP contribution >= 0.6 is 11.3 Å². The Hall–Kier alpha value is -4.01. The highest BCUT2D eigenvalue weighted by molar-refractivity contribution is 7.22. The molecule has 4 aromatic rings. The molecular formula is C25H21F5N6O3S. The third-order valence-corrected chi connectivity index (χ3v) is 8.04. The lowest BCUT2D eigenvalue weighted by molar-refractivity contribution is -0.138. The molecule has 1 fully saturated rings. The number of fused-ring (bicyclic) bond motifs is 1. The Morgan fingerprint density at radius 1 is 1.18 bits per heavy atom. The Balaban J connectivity index is 1.69. The van der Waals surface area contributed by atoms with E-state index in [1.54, 1.807) is 9.80 Å². The normalized spacial score (nSPS) is 17.4. The number of benzene rings is 2. The molecule has 2 aromatic heterocycles. The summed E-state index contributed by atoms with van der Waals surface area (Å²) in [5.41, 5.74) is 2.45. The predicted octanol–water partition coefficient (Wildman–Crippen LogP) is 4.61. The smallest absolute Gasteiger partial charge is 0.420 e. The average Bonchev–Trinajstić information content (AvgIpc) is 3.50. The third-order valence-electron chi connectivity index (χ3n) is 7.15. The van der Waals surface area contributed by atoms with Gasteiger partial charge in [0.05, 0.1) is 29.3 Å². The summed E-state index contributed by atoms with van der Waals surface area (Å²) in [6.07, 6.45) is -4.58. The first-order valence-electron chi connectivity index (χ1n) is 12.2. The maximum absolute atomic E-state index is 16.5. The molecule has 0 saturated carbocycles. The van der Waals surface area contributed by atoms with Crippen molar-refractivity contribution in [2.75, 3.05) is 44.0 Å². The molecule has 210 valence electrons. The third kappa shape index (κ3) is 4.01. The summed E-state index contributed by atoms with van der Waals surface area (Å²) in [7, 11) is 1.25. The lowest BCUT2D eigenvalue weighted by atomic mass is 9.94. The molecule has 9 nitrogen and oxygen atoms in total. The fourth-order valence-electron chi connectivity index (χ4n) is 5.41. The van der Waals surface area contributed by atoms with E-state index in [1.165, 1.54) is 14.0 Å². The maximum Gasteiger partial charge on any atom is 0.420 e. The number of alkyl halides is 3. The van der Waals surface area contributed by atoms with E-state index >= 15 is 4.39 Å². The van der Waals surface area contributed by atoms with Gasteiger partial charge in [0.2, 0.25) is 5.91 Å². The van der Waals surface area contributed by atoms with E-state index in [0.29, 0.717) is 19.5 Å². The molecule has 0 bridgehead atoms. The minimum absolute atomic E-state index is 0.00265. The highest BCUT2D eigenvalue weighted by atomic mass is 32.1. The quantitative estimate of drug-likeness (QED) is 0.350. The van der Waals surface area contributed by atoms with Gasteiger partial charge in [0.25, 0.3) is 0 Å². The lowest BCUT2D eigenvalue weighted by Gasteiger charge is -2.29. The topological polar surface area (TPSA) is 107 Å². The number of hydrogen-bond donors (Lipinski definition) is 1. The van der Waals surface area contributed by atoms with Crippen molar-refractivity contribution >= 4 is 49.3 Å². The number of ether oxygens (including phenoxy) is 2. The molecule has 0 spiro atoms. The first-order valence-corrected chi connectivity index (χ1v) is 13.0. The molecule has 2 aliphatic rings. The zero-order valence-electron chi connectivity index (χ0n) is 21.1. The maximum atomic E-state index is 16.5. The van der Waals surface area contributed by atoms with Gasteiger partial charge in [-0.3, -0.25) is 4.79 Å². The Kier molecular flexibility index (Phi) is 6.09. The van der Waals surface area contributed by atoms with Crippen LogP contribution in [0.3, 0.4) is 0 Å². The zero-order valence-corrected chi connectivity index (χ0v) is 21.9. The molecule has 1 atom stereocenters. The van der Waals surface area contributed by atoms with E-state index < -0.39 is 40.2 Å². The molecule has 1 unspecified atom stereocenters. The number of likely N-dealkylation sites (tertiary alicyclic amines) is 1. The Labute approximate surface area is 227 Å². The summed E-state index contributed by atoms with van der Waals surface area (Å²) in [5.74, 6) is -2.86. The molecule has 15 heteroatoms. The van der Waals surface area contributed by atoms with E-state index in [9.17, 15) is 22.4 Å². The second-order valence-corrected chi connectivity index (χ2v) is 10.5. The van der Waals surface area contributed by atoms with Crippen LogP contribution in [0.5, 0.6) is 11.8 Å². The Bertz CT molecular complexity index is 1690. The highest BCUT2D eigenvalue weighted by Crippen LogP contribution is 2.52. The fourth-order valence-corrected chi connectivity index (χ4v) is 6.18. The monoisotopic (exact) mass is 580 g/mol. The Morgan fingerprint density at radius 3 is 2.62 bits per heavy atom. The van der Waals surface area contributed by atoms with Crippen molar-refractivity contribution in [1.29, 1.82) is 0 Å². The summed E-state index contributed by atoms with van der Waals surface area (Å²) >= 11 is 0.736. The van der Waals surface area contributed by atoms with Crippen LogP contribution < -0.4 is 20.1 Å². The van der Waals surface area contributed by atoms with Gasteiger partial charge in [-0.15, -0.1) is 0 Å². The average molecular weight is 581 g/mol. The van der Waals surface area contributed by atoms with Crippen LogP contribution in [0.4, 0.5) is 32.9 Å². The van der Waals surface area contributed by atoms with Gasteiger partial charge in [-0.2, -0.15) is 23.1 Å². The van der Waals surface area contributed by atoms with E-state index in [-0.39, 0.29) is 63.2 Å². The van der Waals surface area contributed by atoms with Crippen molar-refractivity contribution in [3.8, 4) is 22.9 Å². The number of thiazole rings is 1. The van der Waals surface area contributed by atoms with E-state index in [4.69, 9.17) is 15.2 Å². The molecule has 2 aromatic carbocycles. The van der Waals surface area contributed by atoms with Crippen molar-refractivity contribution in [2.45, 2.75) is 25.6 Å². The van der Waals surface area contributed by atoms with Crippen molar-refractivity contribution < 1.29 is 36.2 Å². The summed E-state index contributed by atoms with van der Waals surface area (Å²) in [4.78, 5) is 27.7. The van der Waals surface area contributed by atoms with Gasteiger partial charge in [0, 0.05) is 37.2 Å². The first kappa shape index (κ1) is 26.2. The predicted molar refractivity (Wildman–Crippen MR) is 138 cm³/mol. The van der Waals surface area contributed by atoms with Gasteiger partial charge < -0.3 is 25.0 Å². The number of nitrogens with zero attached hydrogens (tertiary/aromatic N) is 5. The minimum Gasteiger partial charge on any atom is -0.490 e. The van der Waals surface area contributed by atoms with Crippen LogP contribution in [0.1, 0.15) is 18.9 Å². The second-order valence-electron chi connectivity index (χ2n) is 9.42. The SMILES string of the molecule is COc1nc2c3c(c(C(F)(F)F)c(-c4ccc(F)c5sc(N)nc45)c(F)c3n1)OCCN2C1CCN(C(C)=O)C1. The van der Waals surface area contributed by atoms with Crippen molar-refractivity contribution in [3.05, 3.63) is 29.3 Å². The zero-order chi connectivity index (χ0) is 28.5. The van der Waals surface area contributed by atoms with Crippen LogP contribution in [0.25, 0.3) is 32.2 Å². The number of nitrogens with two attached hydrogens (primary N) is 1. The highest BCUT2D eigenvalue weighted by Gasteiger charge is 2.44. The molecule has 0 aliphatic carbocycles. The van der Waals surface area contributed by atoms with Crippen LogP contribution in [0.15, 0.2) is 12.1 Å². The summed E-state index contributed by atoms with van der Waals surface area (Å²) in [6, 6.07) is 1.38. The standard InChI is InChI=1S/C25H21F5N6O3S/c1-10(37)35-6-5-11(9-35)36-7-8-39-20-15-19(33-24(38-2)34-22(15)36)17(27)14(16(20)25(28,29)30)12-3-4-13(26)21-18(12)32-23(31)40-21/h3-4,11H,5-9H2,1-2H3,(H2,31,32). The number of hydrogen-bond acceptors (Lipinski definition) is 9. The van der Waals surface area contributed by atoms with Crippen LogP contribution in [0, 0.1) is 11.6 Å². The van der Waals surface area contributed by atoms with Crippen molar-refractivity contribution in [3.63, 3.8) is 0 Å². The number of methoxy groups -OCH3 is 1. The van der Waals surface area contributed by atoms with Crippen LogP contribution in [-0.2, 0) is 11.0 Å². The van der Waals surface area contributed by atoms with Crippen LogP contribution in [-0.4, -0.2) is 65.2 Å². The Morgan fingerprint density at radius 2 is 1.95 bits per heavy atom. The summed E-state index contributed by atoms with van der Waals surface area (Å²) in [5, 5.41) is -0.368. The van der Waals surface area contributed by atoms with E-state index in [1.807, 2.05) is 0 Å². The number of carbonyl (C=O) groups is 1. The van der Waals surface area contributed by atoms with Gasteiger partial charge in [-0.1, -0.05) is 11.3 Å². The second kappa shape index (κ2) is 9.28. The number of aromatic nitrogens is 3. The number of amides is 1. The van der Waals surface area contributed by atoms with Gasteiger partial charge in [0.1, 0.15) is 35.1 Å². The molecule has 40 heavy (non-hydrogen) atoms. The van der Waals surface area contributed by atoms with Gasteiger partial charge in [0.15, 0.2) is 10.9 Å². The fraction of sp³-hybridized carbons (Fsp3) is 0.360. The van der Waals surface area contributed by atoms with Gasteiger partial charge in [-0.05, 0) is 18.6 Å². The number of halogens is 5. The van der Waals surface area contributed by atoms with Gasteiger partial charge >= 0.3 is 12.2 Å². The number of rotatable bonds is 3. The molecule has 1 saturated heterocycles. The lowest BCUT2D eigenvalue weighted by Crippen LogP contribution is -2.40. The molecule has 4 heterocycles. The molecule has 0 radical (unpaired) electrons. The molecule has 2 N–H and O–H groups in total. The van der Waals surface area contributed by atoms with Crippen LogP contribution in [0.2, 0.25) is 0 Å². The largest absolute Gasteiger partial charge is 0.490 e. The van der Waals surface area contributed by atoms with Gasteiger partial charge in [-0.25, -0.2) is 13.8 Å². The number of nitrogen functional groups attached to an aromatic ring is 1. The molecule has 1 amide bonds. The van der Waals surface area contributed by atoms with E-state index in [0.717, 1.165) is 23.5 Å².